The van der Waals surface area contributed by atoms with Crippen LogP contribution in [0.5, 0.6) is 0 Å². The van der Waals surface area contributed by atoms with E-state index in [-0.39, 0.29) is 10.6 Å². The van der Waals surface area contributed by atoms with Crippen LogP contribution < -0.4 is 10.6 Å². The molecule has 0 aromatic heterocycles. The van der Waals surface area contributed by atoms with Gasteiger partial charge in [-0.3, -0.25) is 10.1 Å². The summed E-state index contributed by atoms with van der Waals surface area (Å²) in [4.78, 5) is 12.9. The molecule has 0 aliphatic carbocycles. The summed E-state index contributed by atoms with van der Waals surface area (Å²) in [6, 6.07) is 5.51. The van der Waals surface area contributed by atoms with Crippen LogP contribution in [-0.4, -0.2) is 42.5 Å². The lowest BCUT2D eigenvalue weighted by Crippen LogP contribution is -2.36. The minimum Gasteiger partial charge on any atom is -0.385 e. The highest BCUT2D eigenvalue weighted by molar-refractivity contribution is 5.63. The maximum absolute atomic E-state index is 11.0. The van der Waals surface area contributed by atoms with Gasteiger partial charge in [0.1, 0.15) is 0 Å². The first-order valence-electron chi connectivity index (χ1n) is 7.07. The molecule has 0 radical (unpaired) electrons. The van der Waals surface area contributed by atoms with Crippen molar-refractivity contribution in [1.29, 1.82) is 0 Å². The highest BCUT2D eigenvalue weighted by Crippen LogP contribution is 2.26. The lowest BCUT2D eigenvalue weighted by atomic mass is 10.1. The Hall–Kier alpha value is -1.82. The van der Waals surface area contributed by atoms with Gasteiger partial charge in [-0.1, -0.05) is 0 Å². The third kappa shape index (κ3) is 3.84. The van der Waals surface area contributed by atoms with Crippen molar-refractivity contribution in [2.24, 2.45) is 0 Å². The molecule has 6 nitrogen and oxygen atoms in total. The Balaban J connectivity index is 2.11. The fourth-order valence-electron chi connectivity index (χ4n) is 2.49. The smallest absolute Gasteiger partial charge is 0.273 e. The Morgan fingerprint density at radius 3 is 2.55 bits per heavy atom. The van der Waals surface area contributed by atoms with E-state index in [1.165, 1.54) is 0 Å². The highest BCUT2D eigenvalue weighted by atomic mass is 16.6. The van der Waals surface area contributed by atoms with Crippen LogP contribution in [0.15, 0.2) is 18.2 Å². The fraction of sp³-hybridized carbons (Fsp3) is 0.571. The van der Waals surface area contributed by atoms with Gasteiger partial charge in [-0.15, -0.1) is 0 Å². The predicted octanol–water partition coefficient (Wildman–Crippen LogP) is 2.53. The minimum absolute atomic E-state index is 0.124. The second kappa shape index (κ2) is 6.56. The average molecular weight is 278 g/mol. The number of hydrogen-bond acceptors (Lipinski definition) is 5. The summed E-state index contributed by atoms with van der Waals surface area (Å²) in [5.41, 5.74) is 1.74. The normalized spacial score (nSPS) is 16.9. The molecule has 0 spiro atoms. The van der Waals surface area contributed by atoms with E-state index < -0.39 is 0 Å². The van der Waals surface area contributed by atoms with Gasteiger partial charge in [0.2, 0.25) is 0 Å². The van der Waals surface area contributed by atoms with E-state index in [4.69, 9.17) is 0 Å². The molecule has 2 rings (SSSR count). The first kappa shape index (κ1) is 14.6. The molecule has 1 heterocycles. The van der Waals surface area contributed by atoms with Gasteiger partial charge in [0.05, 0.1) is 4.92 Å². The third-order valence-corrected chi connectivity index (χ3v) is 3.60. The van der Waals surface area contributed by atoms with Crippen molar-refractivity contribution in [1.82, 2.24) is 4.90 Å². The number of nitro groups is 1. The lowest BCUT2D eigenvalue weighted by molar-refractivity contribution is -0.384. The van der Waals surface area contributed by atoms with Gasteiger partial charge < -0.3 is 15.5 Å². The molecule has 1 fully saturated rings. The van der Waals surface area contributed by atoms with Crippen LogP contribution in [0.4, 0.5) is 17.1 Å². The quantitative estimate of drug-likeness (QED) is 0.640. The Morgan fingerprint density at radius 1 is 1.30 bits per heavy atom. The Bertz CT molecular complexity index is 470. The second-order valence-corrected chi connectivity index (χ2v) is 5.28. The zero-order chi connectivity index (χ0) is 14.5. The van der Waals surface area contributed by atoms with Crippen LogP contribution in [0.2, 0.25) is 0 Å². The Labute approximate surface area is 119 Å². The molecule has 1 aromatic rings. The third-order valence-electron chi connectivity index (χ3n) is 3.60. The number of benzene rings is 1. The first-order valence-corrected chi connectivity index (χ1v) is 7.07. The number of likely N-dealkylation sites (tertiary alicyclic amines) is 1. The Morgan fingerprint density at radius 2 is 1.95 bits per heavy atom. The molecule has 1 aliphatic heterocycles. The maximum atomic E-state index is 11.0. The zero-order valence-corrected chi connectivity index (χ0v) is 12.1. The molecule has 1 aromatic carbocycles. The molecule has 0 amide bonds. The largest absolute Gasteiger partial charge is 0.385 e. The number of rotatable bonds is 5. The molecule has 0 saturated carbocycles. The molecule has 6 heteroatoms. The van der Waals surface area contributed by atoms with Crippen molar-refractivity contribution in [2.75, 3.05) is 37.3 Å². The summed E-state index contributed by atoms with van der Waals surface area (Å²) in [6.45, 7) is 4.84. The number of piperidine rings is 1. The number of nitrogens with one attached hydrogen (secondary N) is 2. The molecular formula is C14H22N4O2. The van der Waals surface area contributed by atoms with Gasteiger partial charge in [-0.05, 0) is 46.0 Å². The molecular weight excluding hydrogens is 256 g/mol. The zero-order valence-electron chi connectivity index (χ0n) is 12.1. The van der Waals surface area contributed by atoms with Crippen molar-refractivity contribution in [3.8, 4) is 0 Å². The molecule has 1 aliphatic rings. The van der Waals surface area contributed by atoms with Gasteiger partial charge in [0.25, 0.3) is 5.69 Å². The van der Waals surface area contributed by atoms with Gasteiger partial charge in [0.15, 0.2) is 0 Å². The van der Waals surface area contributed by atoms with Crippen molar-refractivity contribution >= 4 is 17.1 Å². The molecule has 2 N–H and O–H groups in total. The van der Waals surface area contributed by atoms with Crippen LogP contribution in [0.3, 0.4) is 0 Å². The number of hydrogen-bond donors (Lipinski definition) is 2. The van der Waals surface area contributed by atoms with E-state index in [2.05, 4.69) is 22.6 Å². The minimum atomic E-state index is -0.347. The maximum Gasteiger partial charge on any atom is 0.273 e. The SMILES string of the molecule is CCNc1cc(NC2CCN(C)CC2)cc([N+](=O)[O-])c1. The van der Waals surface area contributed by atoms with E-state index in [9.17, 15) is 10.1 Å². The molecule has 0 unspecified atom stereocenters. The standard InChI is InChI=1S/C14H22N4O2/c1-3-15-12-8-13(10-14(9-12)18(19)20)16-11-4-6-17(2)7-5-11/h8-11,15-16H,3-7H2,1-2H3. The van der Waals surface area contributed by atoms with Gasteiger partial charge in [-0.2, -0.15) is 0 Å². The summed E-state index contributed by atoms with van der Waals surface area (Å²) in [7, 11) is 2.12. The van der Waals surface area contributed by atoms with E-state index in [1.807, 2.05) is 13.0 Å². The van der Waals surface area contributed by atoms with Crippen LogP contribution in [-0.2, 0) is 0 Å². The molecule has 0 bridgehead atoms. The van der Waals surface area contributed by atoms with Crippen LogP contribution in [0, 0.1) is 10.1 Å². The second-order valence-electron chi connectivity index (χ2n) is 5.28. The van der Waals surface area contributed by atoms with Gasteiger partial charge in [0, 0.05) is 36.1 Å². The van der Waals surface area contributed by atoms with Gasteiger partial charge >= 0.3 is 0 Å². The van der Waals surface area contributed by atoms with E-state index in [0.29, 0.717) is 6.04 Å². The lowest BCUT2D eigenvalue weighted by Gasteiger charge is -2.30. The summed E-state index contributed by atoms with van der Waals surface area (Å²) >= 11 is 0. The summed E-state index contributed by atoms with van der Waals surface area (Å²) in [5, 5.41) is 17.5. The Kier molecular flexibility index (Phi) is 4.79. The summed E-state index contributed by atoms with van der Waals surface area (Å²) in [6.07, 6.45) is 2.13. The number of nitro benzene ring substituents is 1. The van der Waals surface area contributed by atoms with Crippen molar-refractivity contribution in [2.45, 2.75) is 25.8 Å². The summed E-state index contributed by atoms with van der Waals surface area (Å²) in [5.74, 6) is 0. The van der Waals surface area contributed by atoms with Crippen LogP contribution in [0.1, 0.15) is 19.8 Å². The topological polar surface area (TPSA) is 70.4 Å². The van der Waals surface area contributed by atoms with Crippen molar-refractivity contribution in [3.63, 3.8) is 0 Å². The van der Waals surface area contributed by atoms with Crippen LogP contribution >= 0.6 is 0 Å². The average Bonchev–Trinajstić information content (AvgIpc) is 2.41. The number of anilines is 2. The molecule has 20 heavy (non-hydrogen) atoms. The van der Waals surface area contributed by atoms with Crippen molar-refractivity contribution < 1.29 is 4.92 Å². The van der Waals surface area contributed by atoms with Crippen LogP contribution in [0.25, 0.3) is 0 Å². The number of non-ortho nitro benzene ring substituents is 1. The monoisotopic (exact) mass is 278 g/mol. The first-order chi connectivity index (χ1) is 9.58. The van der Waals surface area contributed by atoms with Gasteiger partial charge in [-0.25, -0.2) is 0 Å². The highest BCUT2D eigenvalue weighted by Gasteiger charge is 2.17. The molecule has 0 atom stereocenters. The molecule has 1 saturated heterocycles. The summed E-state index contributed by atoms with van der Waals surface area (Å²) < 4.78 is 0. The van der Waals surface area contributed by atoms with Crippen molar-refractivity contribution in [3.05, 3.63) is 28.3 Å². The number of nitrogens with zero attached hydrogens (tertiary/aromatic N) is 2. The predicted molar refractivity (Wildman–Crippen MR) is 81.4 cm³/mol. The van der Waals surface area contributed by atoms with E-state index in [0.717, 1.165) is 43.9 Å². The van der Waals surface area contributed by atoms with E-state index in [1.54, 1.807) is 12.1 Å². The fourth-order valence-corrected chi connectivity index (χ4v) is 2.49. The van der Waals surface area contributed by atoms with E-state index >= 15 is 0 Å². The molecule has 110 valence electrons.